The molecule has 4 N–H and O–H groups in total. The van der Waals surface area contributed by atoms with Crippen LogP contribution in [0.2, 0.25) is 0 Å². The number of amides is 2. The number of halogens is 2. The van der Waals surface area contributed by atoms with Crippen molar-refractivity contribution in [2.24, 2.45) is 9.98 Å². The fourth-order valence-corrected chi connectivity index (χ4v) is 5.16. The molecule has 0 radical (unpaired) electrons. The second-order valence-electron chi connectivity index (χ2n) is 11.1. The minimum absolute atomic E-state index is 0. The fourth-order valence-electron chi connectivity index (χ4n) is 5.16. The molecule has 5 aromatic carbocycles. The lowest BCUT2D eigenvalue weighted by atomic mass is 10.1. The number of hydrogen-bond donors (Lipinski definition) is 4. The normalized spacial score (nSPS) is 11.0. The van der Waals surface area contributed by atoms with E-state index in [2.05, 4.69) is 55.5 Å². The van der Waals surface area contributed by atoms with Crippen LogP contribution in [0.5, 0.6) is 0 Å². The number of benzene rings is 5. The summed E-state index contributed by atoms with van der Waals surface area (Å²) >= 11 is 0. The summed E-state index contributed by atoms with van der Waals surface area (Å²) in [7, 11) is 3.51. The number of carbonyl (C=O) groups is 2. The summed E-state index contributed by atoms with van der Waals surface area (Å²) in [4.78, 5) is 34.6. The van der Waals surface area contributed by atoms with E-state index in [9.17, 15) is 9.59 Å². The lowest BCUT2D eigenvalue weighted by Gasteiger charge is -2.12. The van der Waals surface area contributed by atoms with Crippen LogP contribution < -0.4 is 21.3 Å². The molecular formula is C40H42Cl2N6O2. The van der Waals surface area contributed by atoms with Crippen molar-refractivity contribution in [3.05, 3.63) is 167 Å². The second kappa shape index (κ2) is 20.2. The number of hydrogen-bond acceptors (Lipinski definition) is 4. The lowest BCUT2D eigenvalue weighted by molar-refractivity contribution is 0.101. The Labute approximate surface area is 306 Å². The predicted molar refractivity (Wildman–Crippen MR) is 211 cm³/mol. The van der Waals surface area contributed by atoms with E-state index in [1.165, 1.54) is 11.1 Å². The van der Waals surface area contributed by atoms with Crippen LogP contribution in [0.4, 0.5) is 11.4 Å². The van der Waals surface area contributed by atoms with Crippen molar-refractivity contribution < 1.29 is 9.59 Å². The van der Waals surface area contributed by atoms with Crippen molar-refractivity contribution in [2.75, 3.05) is 37.8 Å². The second-order valence-corrected chi connectivity index (χ2v) is 11.1. The topological polar surface area (TPSA) is 107 Å². The number of rotatable bonds is 12. The number of nitrogens with zero attached hydrogens (tertiary/aromatic N) is 2. The highest BCUT2D eigenvalue weighted by Crippen LogP contribution is 2.15. The van der Waals surface area contributed by atoms with Crippen molar-refractivity contribution >= 4 is 59.7 Å². The molecular weight excluding hydrogens is 667 g/mol. The van der Waals surface area contributed by atoms with E-state index in [0.717, 1.165) is 48.7 Å². The maximum Gasteiger partial charge on any atom is 0.255 e. The Morgan fingerprint density at radius 1 is 0.460 bits per heavy atom. The zero-order valence-corrected chi connectivity index (χ0v) is 29.7. The van der Waals surface area contributed by atoms with Gasteiger partial charge in [0.1, 0.15) is 11.7 Å². The third-order valence-electron chi connectivity index (χ3n) is 7.79. The molecule has 258 valence electrons. The Balaban J connectivity index is 0.00000338. The summed E-state index contributed by atoms with van der Waals surface area (Å²) in [6.45, 7) is 1.52. The number of nitrogens with one attached hydrogen (secondary N) is 4. The van der Waals surface area contributed by atoms with E-state index < -0.39 is 0 Å². The summed E-state index contributed by atoms with van der Waals surface area (Å²) in [5, 5.41) is 12.6. The van der Waals surface area contributed by atoms with Gasteiger partial charge < -0.3 is 21.3 Å². The van der Waals surface area contributed by atoms with Crippen LogP contribution in [-0.4, -0.2) is 50.7 Å². The highest BCUT2D eigenvalue weighted by Gasteiger charge is 2.11. The molecule has 2 amide bonds. The molecule has 8 nitrogen and oxygen atoms in total. The molecule has 0 bridgehead atoms. The molecule has 0 saturated heterocycles. The van der Waals surface area contributed by atoms with Crippen LogP contribution in [0.25, 0.3) is 0 Å². The maximum absolute atomic E-state index is 12.9. The van der Waals surface area contributed by atoms with Crippen molar-refractivity contribution in [2.45, 2.75) is 12.8 Å². The first kappa shape index (κ1) is 39.0. The van der Waals surface area contributed by atoms with Gasteiger partial charge in [0.2, 0.25) is 0 Å². The third-order valence-corrected chi connectivity index (χ3v) is 7.79. The monoisotopic (exact) mass is 708 g/mol. The van der Waals surface area contributed by atoms with E-state index in [1.807, 2.05) is 84.9 Å². The molecule has 5 aromatic rings. The highest BCUT2D eigenvalue weighted by atomic mass is 35.5. The van der Waals surface area contributed by atoms with Gasteiger partial charge in [0.15, 0.2) is 0 Å². The van der Waals surface area contributed by atoms with Crippen LogP contribution in [-0.2, 0) is 12.8 Å². The van der Waals surface area contributed by atoms with Crippen LogP contribution in [0.15, 0.2) is 143 Å². The lowest BCUT2D eigenvalue weighted by Crippen LogP contribution is -2.26. The summed E-state index contributed by atoms with van der Waals surface area (Å²) in [5.41, 5.74) is 6.61. The Morgan fingerprint density at radius 3 is 1.10 bits per heavy atom. The first-order chi connectivity index (χ1) is 23.5. The molecule has 0 fully saturated rings. The predicted octanol–water partition coefficient (Wildman–Crippen LogP) is 7.45. The first-order valence-electron chi connectivity index (χ1n) is 15.9. The molecule has 5 rings (SSSR count). The molecule has 0 aromatic heterocycles. The Hall–Kier alpha value is -5.44. The molecule has 50 heavy (non-hydrogen) atoms. The summed E-state index contributed by atoms with van der Waals surface area (Å²) < 4.78 is 0. The summed E-state index contributed by atoms with van der Waals surface area (Å²) in [6.07, 6.45) is 1.79. The zero-order chi connectivity index (χ0) is 33.6. The number of anilines is 2. The first-order valence-corrected chi connectivity index (χ1v) is 15.9. The number of carbonyl (C=O) groups excluding carboxylic acids is 2. The number of aliphatic imine (C=N–C) groups is 2. The van der Waals surface area contributed by atoms with Crippen LogP contribution in [0, 0.1) is 0 Å². The van der Waals surface area contributed by atoms with Gasteiger partial charge in [0, 0.05) is 60.8 Å². The molecule has 0 aliphatic heterocycles. The minimum Gasteiger partial charge on any atom is -0.370 e. The highest BCUT2D eigenvalue weighted by molar-refractivity contribution is 6.07. The molecule has 0 aliphatic carbocycles. The van der Waals surface area contributed by atoms with Crippen molar-refractivity contribution in [1.82, 2.24) is 10.6 Å². The van der Waals surface area contributed by atoms with E-state index >= 15 is 0 Å². The largest absolute Gasteiger partial charge is 0.370 e. The molecule has 0 aliphatic rings. The molecule has 0 unspecified atom stereocenters. The quantitative estimate of drug-likeness (QED) is 0.0798. The third kappa shape index (κ3) is 11.3. The van der Waals surface area contributed by atoms with Gasteiger partial charge >= 0.3 is 0 Å². The molecule has 0 heterocycles. The minimum atomic E-state index is -0.263. The van der Waals surface area contributed by atoms with Gasteiger partial charge in [-0.1, -0.05) is 60.7 Å². The molecule has 10 heteroatoms. The van der Waals surface area contributed by atoms with Gasteiger partial charge in [0.25, 0.3) is 11.8 Å². The van der Waals surface area contributed by atoms with E-state index in [-0.39, 0.29) is 36.6 Å². The standard InChI is InChI=1S/C40H40N6O2.2ClH/c1-41-37(43-27-25-29-9-5-3-6-10-29)31-17-21-35(22-18-31)45-39(47)33-13-15-34(16-14-33)40(48)46-36-23-19-32(20-24-36)38(42-2)44-28-26-30-11-7-4-8-12-30;;/h3-24H,25-28H2,1-2H3,(H,41,43)(H,42,44)(H,45,47)(H,46,48);2*1H. The van der Waals surface area contributed by atoms with Crippen molar-refractivity contribution in [3.8, 4) is 0 Å². The average Bonchev–Trinajstić information content (AvgIpc) is 3.14. The Bertz CT molecular complexity index is 1710. The zero-order valence-electron chi connectivity index (χ0n) is 28.1. The average molecular weight is 710 g/mol. The van der Waals surface area contributed by atoms with Gasteiger partial charge in [-0.05, 0) is 96.8 Å². The van der Waals surface area contributed by atoms with Crippen LogP contribution in [0.3, 0.4) is 0 Å². The van der Waals surface area contributed by atoms with Gasteiger partial charge in [-0.3, -0.25) is 19.6 Å². The molecule has 0 atom stereocenters. The summed E-state index contributed by atoms with van der Waals surface area (Å²) in [5.74, 6) is 1.06. The molecule has 0 spiro atoms. The Kier molecular flexibility index (Phi) is 15.7. The molecule has 0 saturated carbocycles. The van der Waals surface area contributed by atoms with Gasteiger partial charge in [-0.2, -0.15) is 0 Å². The summed E-state index contributed by atoms with van der Waals surface area (Å²) in [6, 6.07) is 42.3. The maximum atomic E-state index is 12.9. The van der Waals surface area contributed by atoms with Crippen molar-refractivity contribution in [3.63, 3.8) is 0 Å². The SMILES string of the molecule is CN=C(NCCc1ccccc1)c1ccc(NC(=O)c2ccc(C(=O)Nc3ccc(C(=NC)NCCc4ccccc4)cc3)cc2)cc1.Cl.Cl. The van der Waals surface area contributed by atoms with E-state index in [1.54, 1.807) is 38.4 Å². The smallest absolute Gasteiger partial charge is 0.255 e. The van der Waals surface area contributed by atoms with E-state index in [0.29, 0.717) is 22.5 Å². The van der Waals surface area contributed by atoms with Crippen LogP contribution >= 0.6 is 24.8 Å². The Morgan fingerprint density at radius 2 is 0.780 bits per heavy atom. The van der Waals surface area contributed by atoms with Gasteiger partial charge in [-0.25, -0.2) is 0 Å². The van der Waals surface area contributed by atoms with Crippen LogP contribution in [0.1, 0.15) is 43.0 Å². The van der Waals surface area contributed by atoms with E-state index in [4.69, 9.17) is 0 Å². The van der Waals surface area contributed by atoms with Gasteiger partial charge in [-0.15, -0.1) is 24.8 Å². The number of amidine groups is 2. The fraction of sp³-hybridized carbons (Fsp3) is 0.150. The van der Waals surface area contributed by atoms with Gasteiger partial charge in [0.05, 0.1) is 0 Å². The van der Waals surface area contributed by atoms with Crippen molar-refractivity contribution in [1.29, 1.82) is 0 Å².